The van der Waals surface area contributed by atoms with Crippen LogP contribution in [0, 0.1) is 13.8 Å². The van der Waals surface area contributed by atoms with Crippen molar-refractivity contribution < 1.29 is 8.78 Å². The van der Waals surface area contributed by atoms with Crippen LogP contribution >= 0.6 is 0 Å². The number of fused-ring (bicyclic) bond motifs is 3. The molecule has 5 nitrogen and oxygen atoms in total. The minimum Gasteiger partial charge on any atom is -0.341 e. The van der Waals surface area contributed by atoms with E-state index in [9.17, 15) is 8.78 Å². The van der Waals surface area contributed by atoms with Gasteiger partial charge in [0.15, 0.2) is 0 Å². The average molecular weight is 359 g/mol. The number of halogens is 2. The average Bonchev–Trinajstić information content (AvgIpc) is 2.96. The molecule has 3 aromatic rings. The Morgan fingerprint density at radius 3 is 2.54 bits per heavy atom. The summed E-state index contributed by atoms with van der Waals surface area (Å²) in [5, 5.41) is 0.941. The van der Waals surface area contributed by atoms with Crippen LogP contribution in [0.15, 0.2) is 18.3 Å². The molecule has 0 aliphatic carbocycles. The second-order valence-electron chi connectivity index (χ2n) is 7.35. The molecule has 1 saturated heterocycles. The third-order valence-corrected chi connectivity index (χ3v) is 5.14. The Labute approximate surface area is 150 Å². The maximum Gasteiger partial charge on any atom is 0.251 e. The lowest BCUT2D eigenvalue weighted by atomic mass is 10.0. The van der Waals surface area contributed by atoms with E-state index in [0.717, 1.165) is 33.4 Å². The number of aryl methyl sites for hydroxylation is 2. The number of rotatable bonds is 2. The molecular formula is C19H23F2N5. The summed E-state index contributed by atoms with van der Waals surface area (Å²) in [5.41, 5.74) is 10.8. The lowest BCUT2D eigenvalue weighted by Gasteiger charge is -2.33. The van der Waals surface area contributed by atoms with Gasteiger partial charge in [-0.15, -0.1) is 0 Å². The van der Waals surface area contributed by atoms with Crippen LogP contribution in [-0.4, -0.2) is 33.4 Å². The minimum atomic E-state index is -2.59. The summed E-state index contributed by atoms with van der Waals surface area (Å²) in [7, 11) is 0. The summed E-state index contributed by atoms with van der Waals surface area (Å²) in [6.45, 7) is 6.46. The Hall–Kier alpha value is -2.28. The van der Waals surface area contributed by atoms with E-state index in [1.165, 1.54) is 0 Å². The van der Waals surface area contributed by atoms with Gasteiger partial charge in [-0.05, 0) is 38.0 Å². The Bertz CT molecular complexity index is 983. The van der Waals surface area contributed by atoms with E-state index in [1.807, 2.05) is 36.1 Å². The van der Waals surface area contributed by atoms with Crippen molar-refractivity contribution in [3.63, 3.8) is 0 Å². The predicted octanol–water partition coefficient (Wildman–Crippen LogP) is 3.75. The fraction of sp³-hybridized carbons (Fsp3) is 0.474. The van der Waals surface area contributed by atoms with Crippen molar-refractivity contribution in [1.29, 1.82) is 0 Å². The van der Waals surface area contributed by atoms with Crippen molar-refractivity contribution in [3.05, 3.63) is 35.2 Å². The molecule has 26 heavy (non-hydrogen) atoms. The molecule has 1 aromatic carbocycles. The van der Waals surface area contributed by atoms with Gasteiger partial charge in [0.05, 0.1) is 5.52 Å². The highest BCUT2D eigenvalue weighted by molar-refractivity contribution is 5.95. The Morgan fingerprint density at radius 1 is 1.19 bits per heavy atom. The standard InChI is InChI=1S/C19H23F2N5/c1-11-8-14(13(3)22)16-15(9-11)17-23-10-12(2)26(17)18(24-16)25-6-4-19(20,21)5-7-25/h8-10,13H,4-7,22H2,1-3H3/t13-/m1/s1. The molecule has 0 bridgehead atoms. The number of nitrogens with two attached hydrogens (primary N) is 1. The number of nitrogens with zero attached hydrogens (tertiary/aromatic N) is 4. The minimum absolute atomic E-state index is 0.157. The molecule has 7 heteroatoms. The van der Waals surface area contributed by atoms with E-state index in [4.69, 9.17) is 10.7 Å². The second-order valence-corrected chi connectivity index (χ2v) is 7.35. The molecule has 1 aliphatic heterocycles. The number of benzene rings is 1. The van der Waals surface area contributed by atoms with Crippen LogP contribution in [0.5, 0.6) is 0 Å². The fourth-order valence-corrected chi connectivity index (χ4v) is 3.72. The first-order chi connectivity index (χ1) is 12.3. The van der Waals surface area contributed by atoms with Crippen molar-refractivity contribution in [1.82, 2.24) is 14.4 Å². The van der Waals surface area contributed by atoms with Crippen LogP contribution in [0.2, 0.25) is 0 Å². The van der Waals surface area contributed by atoms with Gasteiger partial charge >= 0.3 is 0 Å². The third kappa shape index (κ3) is 2.70. The summed E-state index contributed by atoms with van der Waals surface area (Å²) < 4.78 is 29.2. The molecule has 0 unspecified atom stereocenters. The summed E-state index contributed by atoms with van der Waals surface area (Å²) in [6.07, 6.45) is 1.48. The Balaban J connectivity index is 1.98. The SMILES string of the molecule is Cc1cc([C@@H](C)N)c2nc(N3CCC(F)(F)CC3)n3c(C)cnc3c2c1. The normalized spacial score (nSPS) is 18.6. The zero-order valence-electron chi connectivity index (χ0n) is 15.3. The summed E-state index contributed by atoms with van der Waals surface area (Å²) >= 11 is 0. The number of imidazole rings is 1. The van der Waals surface area contributed by atoms with Gasteiger partial charge in [-0.3, -0.25) is 4.40 Å². The molecule has 0 amide bonds. The first-order valence-corrected chi connectivity index (χ1v) is 8.93. The molecule has 1 atom stereocenters. The van der Waals surface area contributed by atoms with Gasteiger partial charge in [-0.2, -0.15) is 0 Å². The molecule has 2 N–H and O–H groups in total. The van der Waals surface area contributed by atoms with Crippen LogP contribution in [0.3, 0.4) is 0 Å². The maximum absolute atomic E-state index is 13.6. The van der Waals surface area contributed by atoms with Crippen molar-refractivity contribution in [2.24, 2.45) is 5.73 Å². The van der Waals surface area contributed by atoms with Crippen LogP contribution in [0.1, 0.15) is 42.6 Å². The summed E-state index contributed by atoms with van der Waals surface area (Å²) in [5.74, 6) is -1.92. The number of alkyl halides is 2. The molecule has 2 aromatic heterocycles. The third-order valence-electron chi connectivity index (χ3n) is 5.14. The van der Waals surface area contributed by atoms with E-state index in [-0.39, 0.29) is 32.0 Å². The van der Waals surface area contributed by atoms with Gasteiger partial charge < -0.3 is 10.6 Å². The predicted molar refractivity (Wildman–Crippen MR) is 99.0 cm³/mol. The highest BCUT2D eigenvalue weighted by atomic mass is 19.3. The lowest BCUT2D eigenvalue weighted by molar-refractivity contribution is -0.0222. The van der Waals surface area contributed by atoms with Gasteiger partial charge in [-0.25, -0.2) is 18.7 Å². The topological polar surface area (TPSA) is 59.5 Å². The monoisotopic (exact) mass is 359 g/mol. The molecule has 0 saturated carbocycles. The number of aromatic nitrogens is 3. The number of hydrogen-bond donors (Lipinski definition) is 1. The summed E-state index contributed by atoms with van der Waals surface area (Å²) in [6, 6.07) is 3.92. The van der Waals surface area contributed by atoms with Crippen molar-refractivity contribution in [3.8, 4) is 0 Å². The van der Waals surface area contributed by atoms with E-state index in [2.05, 4.69) is 11.1 Å². The first-order valence-electron chi connectivity index (χ1n) is 8.93. The molecule has 1 fully saturated rings. The number of piperidine rings is 1. The first kappa shape index (κ1) is 17.1. The molecule has 4 rings (SSSR count). The van der Waals surface area contributed by atoms with Crippen molar-refractivity contribution in [2.45, 2.75) is 45.6 Å². The fourth-order valence-electron chi connectivity index (χ4n) is 3.72. The van der Waals surface area contributed by atoms with Crippen LogP contribution < -0.4 is 10.6 Å². The van der Waals surface area contributed by atoms with E-state index in [0.29, 0.717) is 5.95 Å². The molecule has 0 radical (unpaired) electrons. The largest absolute Gasteiger partial charge is 0.341 e. The number of hydrogen-bond acceptors (Lipinski definition) is 4. The number of anilines is 1. The van der Waals surface area contributed by atoms with Gasteiger partial charge in [0.1, 0.15) is 5.65 Å². The quantitative estimate of drug-likeness (QED) is 0.757. The summed E-state index contributed by atoms with van der Waals surface area (Å²) in [4.78, 5) is 11.4. The van der Waals surface area contributed by atoms with Crippen LogP contribution in [-0.2, 0) is 0 Å². The molecule has 3 heterocycles. The Morgan fingerprint density at radius 2 is 1.88 bits per heavy atom. The zero-order valence-corrected chi connectivity index (χ0v) is 15.3. The van der Waals surface area contributed by atoms with Gasteiger partial charge in [0, 0.05) is 49.2 Å². The van der Waals surface area contributed by atoms with Crippen LogP contribution in [0.4, 0.5) is 14.7 Å². The van der Waals surface area contributed by atoms with E-state index >= 15 is 0 Å². The lowest BCUT2D eigenvalue weighted by Crippen LogP contribution is -2.40. The molecular weight excluding hydrogens is 336 g/mol. The van der Waals surface area contributed by atoms with Gasteiger partial charge in [0.2, 0.25) is 5.95 Å². The maximum atomic E-state index is 13.6. The van der Waals surface area contributed by atoms with E-state index < -0.39 is 5.92 Å². The molecule has 1 aliphatic rings. The Kier molecular flexibility index (Phi) is 3.87. The van der Waals surface area contributed by atoms with Crippen molar-refractivity contribution >= 4 is 22.5 Å². The van der Waals surface area contributed by atoms with Crippen LogP contribution in [0.25, 0.3) is 16.6 Å². The second kappa shape index (κ2) is 5.87. The molecule has 138 valence electrons. The highest BCUT2D eigenvalue weighted by Gasteiger charge is 2.35. The van der Waals surface area contributed by atoms with Gasteiger partial charge in [-0.1, -0.05) is 6.07 Å². The smallest absolute Gasteiger partial charge is 0.251 e. The highest BCUT2D eigenvalue weighted by Crippen LogP contribution is 2.34. The molecule has 0 spiro atoms. The van der Waals surface area contributed by atoms with Gasteiger partial charge in [0.25, 0.3) is 5.92 Å². The van der Waals surface area contributed by atoms with Crippen molar-refractivity contribution in [2.75, 3.05) is 18.0 Å². The zero-order chi connectivity index (χ0) is 18.6. The van der Waals surface area contributed by atoms with E-state index in [1.54, 1.807) is 6.20 Å².